The van der Waals surface area contributed by atoms with Gasteiger partial charge in [-0.15, -0.1) is 0 Å². The number of pyridine rings is 1. The molecule has 0 saturated carbocycles. The van der Waals surface area contributed by atoms with E-state index in [2.05, 4.69) is 20.1 Å². The first-order valence-corrected chi connectivity index (χ1v) is 9.63. The highest BCUT2D eigenvalue weighted by Gasteiger charge is 2.21. The summed E-state index contributed by atoms with van der Waals surface area (Å²) in [4.78, 5) is 12.3. The number of benzene rings is 2. The molecule has 0 atom stereocenters. The first-order valence-electron chi connectivity index (χ1n) is 9.63. The number of aromatic hydroxyl groups is 1. The molecule has 152 valence electrons. The third-order valence-corrected chi connectivity index (χ3v) is 5.15. The number of imidazole rings is 1. The van der Waals surface area contributed by atoms with Crippen LogP contribution in [0.2, 0.25) is 0 Å². The van der Waals surface area contributed by atoms with Crippen molar-refractivity contribution in [2.24, 2.45) is 12.8 Å². The van der Waals surface area contributed by atoms with Gasteiger partial charge in [0.2, 0.25) is 0 Å². The van der Waals surface area contributed by atoms with Gasteiger partial charge in [-0.3, -0.25) is 15.1 Å². The molecule has 0 radical (unpaired) electrons. The number of amidine groups is 1. The van der Waals surface area contributed by atoms with Gasteiger partial charge in [-0.2, -0.15) is 5.10 Å². The topological polar surface area (TPSA) is 129 Å². The van der Waals surface area contributed by atoms with E-state index >= 15 is 0 Å². The van der Waals surface area contributed by atoms with E-state index in [1.165, 1.54) is 0 Å². The lowest BCUT2D eigenvalue weighted by Crippen LogP contribution is -2.10. The number of nitrogens with one attached hydrogen (secondary N) is 2. The number of nitrogen functional groups attached to an aromatic ring is 1. The van der Waals surface area contributed by atoms with Crippen molar-refractivity contribution in [2.45, 2.75) is 0 Å². The van der Waals surface area contributed by atoms with Gasteiger partial charge < -0.3 is 15.8 Å². The maximum Gasteiger partial charge on any atom is 0.173 e. The highest BCUT2D eigenvalue weighted by Crippen LogP contribution is 2.37. The van der Waals surface area contributed by atoms with Gasteiger partial charge in [0.15, 0.2) is 11.6 Å². The van der Waals surface area contributed by atoms with E-state index in [0.29, 0.717) is 33.9 Å². The second kappa shape index (κ2) is 7.10. The molecule has 0 saturated heterocycles. The third-order valence-electron chi connectivity index (χ3n) is 5.15. The molecule has 5 N–H and O–H groups in total. The van der Waals surface area contributed by atoms with Crippen molar-refractivity contribution in [1.29, 1.82) is 5.41 Å². The molecule has 5 aromatic rings. The van der Waals surface area contributed by atoms with E-state index in [-0.39, 0.29) is 11.6 Å². The maximum absolute atomic E-state index is 10.9. The van der Waals surface area contributed by atoms with Gasteiger partial charge in [-0.05, 0) is 30.3 Å². The molecule has 0 aliphatic heterocycles. The summed E-state index contributed by atoms with van der Waals surface area (Å²) >= 11 is 0. The highest BCUT2D eigenvalue weighted by atomic mass is 16.3. The average molecular weight is 409 g/mol. The first-order chi connectivity index (χ1) is 15.0. The van der Waals surface area contributed by atoms with E-state index in [4.69, 9.17) is 11.1 Å². The van der Waals surface area contributed by atoms with Gasteiger partial charge in [0.05, 0.1) is 16.7 Å². The molecule has 0 aliphatic rings. The molecule has 5 rings (SSSR count). The Labute approximate surface area is 177 Å². The molecule has 31 heavy (non-hydrogen) atoms. The second-order valence-corrected chi connectivity index (χ2v) is 7.20. The summed E-state index contributed by atoms with van der Waals surface area (Å²) in [7, 11) is 1.75. The SMILES string of the molecule is Cn1nc(-c2ccc(-c3ccccc3)nc2)c(O)c1-c1nc2ccc(C(=N)N)cc2[nH]1. The van der Waals surface area contributed by atoms with Crippen LogP contribution in [-0.4, -0.2) is 35.7 Å². The normalized spacial score (nSPS) is 11.1. The molecular formula is C23H19N7O. The number of aryl methyl sites for hydroxylation is 1. The Morgan fingerprint density at radius 3 is 2.58 bits per heavy atom. The molecule has 8 heteroatoms. The summed E-state index contributed by atoms with van der Waals surface area (Å²) in [5.74, 6) is 0.473. The van der Waals surface area contributed by atoms with Gasteiger partial charge in [0.25, 0.3) is 0 Å². The monoisotopic (exact) mass is 409 g/mol. The minimum absolute atomic E-state index is 0.0163. The minimum Gasteiger partial charge on any atom is -0.504 e. The summed E-state index contributed by atoms with van der Waals surface area (Å²) in [5.41, 5.74) is 11.1. The van der Waals surface area contributed by atoms with E-state index in [0.717, 1.165) is 16.8 Å². The van der Waals surface area contributed by atoms with Crippen LogP contribution in [0.4, 0.5) is 0 Å². The molecule has 2 aromatic carbocycles. The molecule has 8 nitrogen and oxygen atoms in total. The van der Waals surface area contributed by atoms with Crippen molar-refractivity contribution in [2.75, 3.05) is 0 Å². The van der Waals surface area contributed by atoms with Gasteiger partial charge in [0.1, 0.15) is 17.2 Å². The summed E-state index contributed by atoms with van der Waals surface area (Å²) in [6, 6.07) is 19.0. The fourth-order valence-electron chi connectivity index (χ4n) is 3.58. The van der Waals surface area contributed by atoms with Crippen LogP contribution in [0, 0.1) is 5.41 Å². The van der Waals surface area contributed by atoms with Crippen molar-refractivity contribution >= 4 is 16.9 Å². The Kier molecular flexibility index (Phi) is 4.25. The van der Waals surface area contributed by atoms with E-state index in [1.54, 1.807) is 36.1 Å². The number of hydrogen-bond acceptors (Lipinski definition) is 5. The highest BCUT2D eigenvalue weighted by molar-refractivity contribution is 5.98. The molecule has 3 heterocycles. The zero-order valence-corrected chi connectivity index (χ0v) is 16.7. The number of H-pyrrole nitrogens is 1. The zero-order valence-electron chi connectivity index (χ0n) is 16.7. The molecule has 0 spiro atoms. The van der Waals surface area contributed by atoms with Gasteiger partial charge in [-0.25, -0.2) is 4.98 Å². The van der Waals surface area contributed by atoms with Crippen LogP contribution in [-0.2, 0) is 7.05 Å². The largest absolute Gasteiger partial charge is 0.504 e. The van der Waals surface area contributed by atoms with Crippen molar-refractivity contribution in [3.05, 3.63) is 72.4 Å². The molecular weight excluding hydrogens is 390 g/mol. The van der Waals surface area contributed by atoms with E-state index < -0.39 is 0 Å². The predicted molar refractivity (Wildman–Crippen MR) is 120 cm³/mol. The minimum atomic E-state index is -0.0184. The molecule has 3 aromatic heterocycles. The van der Waals surface area contributed by atoms with E-state index in [9.17, 15) is 5.11 Å². The van der Waals surface area contributed by atoms with Crippen molar-refractivity contribution in [3.8, 4) is 39.8 Å². The van der Waals surface area contributed by atoms with Crippen LogP contribution in [0.15, 0.2) is 66.9 Å². The number of aromatic nitrogens is 5. The van der Waals surface area contributed by atoms with Crippen LogP contribution >= 0.6 is 0 Å². The van der Waals surface area contributed by atoms with E-state index in [1.807, 2.05) is 42.5 Å². The smallest absolute Gasteiger partial charge is 0.173 e. The number of nitrogens with two attached hydrogens (primary N) is 1. The molecule has 0 amide bonds. The Morgan fingerprint density at radius 2 is 1.87 bits per heavy atom. The number of fused-ring (bicyclic) bond motifs is 1. The van der Waals surface area contributed by atoms with Crippen LogP contribution < -0.4 is 5.73 Å². The fourth-order valence-corrected chi connectivity index (χ4v) is 3.58. The summed E-state index contributed by atoms with van der Waals surface area (Å²) in [6.07, 6.45) is 1.70. The van der Waals surface area contributed by atoms with Crippen LogP contribution in [0.5, 0.6) is 5.75 Å². The van der Waals surface area contributed by atoms with Crippen LogP contribution in [0.1, 0.15) is 5.56 Å². The Hall–Kier alpha value is -4.46. The summed E-state index contributed by atoms with van der Waals surface area (Å²) in [6.45, 7) is 0. The van der Waals surface area contributed by atoms with Crippen molar-refractivity contribution in [3.63, 3.8) is 0 Å². The van der Waals surface area contributed by atoms with Gasteiger partial charge >= 0.3 is 0 Å². The predicted octanol–water partition coefficient (Wildman–Crippen LogP) is 3.68. The first kappa shape index (κ1) is 18.6. The Morgan fingerprint density at radius 1 is 1.06 bits per heavy atom. The summed E-state index contributed by atoms with van der Waals surface area (Å²) in [5, 5.41) is 23.0. The Balaban J connectivity index is 1.54. The zero-order chi connectivity index (χ0) is 21.5. The maximum atomic E-state index is 10.9. The van der Waals surface area contributed by atoms with Crippen LogP contribution in [0.25, 0.3) is 45.1 Å². The van der Waals surface area contributed by atoms with Crippen molar-refractivity contribution < 1.29 is 5.11 Å². The standard InChI is InChI=1S/C23H19N7O/c1-30-20(23-27-17-10-7-14(22(24)25)11-18(17)28-23)21(31)19(29-30)15-8-9-16(26-12-15)13-5-3-2-4-6-13/h2-12,31H,1H3,(H3,24,25)(H,27,28). The Bertz CT molecular complexity index is 1420. The van der Waals surface area contributed by atoms with Crippen molar-refractivity contribution in [1.82, 2.24) is 24.7 Å². The van der Waals surface area contributed by atoms with Gasteiger partial charge in [0, 0.05) is 29.9 Å². The second-order valence-electron chi connectivity index (χ2n) is 7.20. The van der Waals surface area contributed by atoms with Crippen LogP contribution in [0.3, 0.4) is 0 Å². The molecule has 0 aliphatic carbocycles. The number of hydrogen-bond donors (Lipinski definition) is 4. The number of rotatable bonds is 4. The average Bonchev–Trinajstić information content (AvgIpc) is 3.33. The number of nitrogens with zero attached hydrogens (tertiary/aromatic N) is 4. The fraction of sp³-hybridized carbons (Fsp3) is 0.0435. The van der Waals surface area contributed by atoms with Gasteiger partial charge in [-0.1, -0.05) is 30.3 Å². The third kappa shape index (κ3) is 3.20. The quantitative estimate of drug-likeness (QED) is 0.266. The molecule has 0 fully saturated rings. The summed E-state index contributed by atoms with van der Waals surface area (Å²) < 4.78 is 1.58. The lowest BCUT2D eigenvalue weighted by atomic mass is 10.1. The number of aromatic amines is 1. The molecule has 0 unspecified atom stereocenters. The lowest BCUT2D eigenvalue weighted by molar-refractivity contribution is 0.478. The molecule has 0 bridgehead atoms. The lowest BCUT2D eigenvalue weighted by Gasteiger charge is -2.02.